The number of aliphatic imine (C=N–C) groups is 1. The third-order valence-corrected chi connectivity index (χ3v) is 4.89. The summed E-state index contributed by atoms with van der Waals surface area (Å²) in [5.41, 5.74) is 1.27. The van der Waals surface area contributed by atoms with Gasteiger partial charge in [-0.1, -0.05) is 55.3 Å². The van der Waals surface area contributed by atoms with Gasteiger partial charge in [-0.3, -0.25) is 9.89 Å². The van der Waals surface area contributed by atoms with Crippen LogP contribution < -0.4 is 5.32 Å². The Morgan fingerprint density at radius 2 is 1.88 bits per heavy atom. The summed E-state index contributed by atoms with van der Waals surface area (Å²) in [5.74, 6) is 2.05. The maximum atomic E-state index is 4.45. The highest BCUT2D eigenvalue weighted by Crippen LogP contribution is 2.31. The number of hydrogen-bond donors (Lipinski definition) is 1. The molecule has 1 aromatic rings. The Balaban J connectivity index is 0.00000225. The molecule has 3 rings (SSSR count). The van der Waals surface area contributed by atoms with Crippen LogP contribution >= 0.6 is 24.0 Å². The molecule has 0 bridgehead atoms. The summed E-state index contributed by atoms with van der Waals surface area (Å²) in [6.45, 7) is 6.41. The van der Waals surface area contributed by atoms with Crippen LogP contribution in [0.4, 0.5) is 0 Å². The van der Waals surface area contributed by atoms with E-state index in [1.165, 1.54) is 24.8 Å². The van der Waals surface area contributed by atoms with E-state index >= 15 is 0 Å². The van der Waals surface area contributed by atoms with Crippen LogP contribution in [0.1, 0.15) is 24.8 Å². The van der Waals surface area contributed by atoms with Crippen molar-refractivity contribution in [2.24, 2.45) is 10.9 Å². The molecule has 1 heterocycles. The molecule has 0 amide bonds. The van der Waals surface area contributed by atoms with Crippen LogP contribution in [-0.4, -0.2) is 62.1 Å². The van der Waals surface area contributed by atoms with Gasteiger partial charge in [0.1, 0.15) is 0 Å². The topological polar surface area (TPSA) is 30.9 Å². The molecule has 2 fully saturated rings. The maximum Gasteiger partial charge on any atom is 0.193 e. The van der Waals surface area contributed by atoms with Crippen molar-refractivity contribution >= 4 is 36.0 Å². The summed E-state index contributed by atoms with van der Waals surface area (Å²) in [6.07, 6.45) is 8.63. The minimum absolute atomic E-state index is 0. The number of halogens is 1. The van der Waals surface area contributed by atoms with Gasteiger partial charge in [0, 0.05) is 46.3 Å². The highest BCUT2D eigenvalue weighted by atomic mass is 127. The lowest BCUT2D eigenvalue weighted by atomic mass is 10.2. The molecule has 1 saturated carbocycles. The van der Waals surface area contributed by atoms with Crippen molar-refractivity contribution in [3.05, 3.63) is 42.0 Å². The first kappa shape index (κ1) is 20.2. The number of rotatable bonds is 6. The van der Waals surface area contributed by atoms with Crippen molar-refractivity contribution in [2.45, 2.75) is 19.3 Å². The summed E-state index contributed by atoms with van der Waals surface area (Å²) >= 11 is 0. The highest BCUT2D eigenvalue weighted by Gasteiger charge is 2.22. The Labute approximate surface area is 169 Å². The summed E-state index contributed by atoms with van der Waals surface area (Å²) < 4.78 is 0. The molecule has 138 valence electrons. The molecular weight excluding hydrogens is 423 g/mol. The van der Waals surface area contributed by atoms with Gasteiger partial charge in [0.15, 0.2) is 5.96 Å². The van der Waals surface area contributed by atoms with Crippen LogP contribution in [0.3, 0.4) is 0 Å². The molecule has 5 heteroatoms. The Morgan fingerprint density at radius 1 is 1.16 bits per heavy atom. The Bertz CT molecular complexity index is 546. The SMILES string of the molecule is CN=C(NCCC1CC1)N1CCN(C/C=C/c2ccccc2)CC1.I. The number of hydrogen-bond acceptors (Lipinski definition) is 2. The highest BCUT2D eigenvalue weighted by molar-refractivity contribution is 14.0. The van der Waals surface area contributed by atoms with E-state index in [4.69, 9.17) is 0 Å². The number of benzene rings is 1. The van der Waals surface area contributed by atoms with E-state index in [9.17, 15) is 0 Å². The molecule has 0 radical (unpaired) electrons. The predicted molar refractivity (Wildman–Crippen MR) is 118 cm³/mol. The second-order valence-corrected chi connectivity index (χ2v) is 6.81. The fourth-order valence-electron chi connectivity index (χ4n) is 3.17. The van der Waals surface area contributed by atoms with E-state index in [1.54, 1.807) is 0 Å². The smallest absolute Gasteiger partial charge is 0.193 e. The third kappa shape index (κ3) is 6.98. The van der Waals surface area contributed by atoms with Crippen LogP contribution in [0.15, 0.2) is 41.4 Å². The Kier molecular flexibility index (Phi) is 8.75. The molecule has 4 nitrogen and oxygen atoms in total. The van der Waals surface area contributed by atoms with Crippen LogP contribution in [0.25, 0.3) is 6.08 Å². The zero-order valence-electron chi connectivity index (χ0n) is 15.2. The van der Waals surface area contributed by atoms with Gasteiger partial charge >= 0.3 is 0 Å². The predicted octanol–water partition coefficient (Wildman–Crippen LogP) is 3.31. The monoisotopic (exact) mass is 454 g/mol. The van der Waals surface area contributed by atoms with Gasteiger partial charge in [-0.05, 0) is 17.9 Å². The third-order valence-electron chi connectivity index (χ3n) is 4.89. The Hall–Kier alpha value is -1.08. The normalized spacial score (nSPS) is 19.1. The van der Waals surface area contributed by atoms with Gasteiger partial charge in [-0.15, -0.1) is 24.0 Å². The Morgan fingerprint density at radius 3 is 2.52 bits per heavy atom. The molecule has 1 aliphatic heterocycles. The van der Waals surface area contributed by atoms with Crippen LogP contribution in [0.2, 0.25) is 0 Å². The lowest BCUT2D eigenvalue weighted by molar-refractivity contribution is 0.194. The number of guanidine groups is 1. The number of piperazine rings is 1. The molecule has 0 unspecified atom stereocenters. The lowest BCUT2D eigenvalue weighted by Gasteiger charge is -2.36. The molecule has 2 aliphatic rings. The average Bonchev–Trinajstić information content (AvgIpc) is 3.45. The zero-order valence-corrected chi connectivity index (χ0v) is 17.6. The van der Waals surface area contributed by atoms with Crippen molar-refractivity contribution in [1.82, 2.24) is 15.1 Å². The molecule has 1 N–H and O–H groups in total. The fourth-order valence-corrected chi connectivity index (χ4v) is 3.17. The second kappa shape index (κ2) is 10.8. The quantitative estimate of drug-likeness (QED) is 0.407. The van der Waals surface area contributed by atoms with Gasteiger partial charge in [0.25, 0.3) is 0 Å². The summed E-state index contributed by atoms with van der Waals surface area (Å²) in [7, 11) is 1.90. The second-order valence-electron chi connectivity index (χ2n) is 6.81. The van der Waals surface area contributed by atoms with E-state index in [0.717, 1.165) is 51.1 Å². The van der Waals surface area contributed by atoms with E-state index in [1.807, 2.05) is 7.05 Å². The summed E-state index contributed by atoms with van der Waals surface area (Å²) in [4.78, 5) is 9.36. The molecule has 0 aromatic heterocycles. The standard InChI is InChI=1S/C20H30N4.HI/c1-21-20(22-12-11-19-9-10-19)24-16-14-23(15-17-24)13-5-8-18-6-3-2-4-7-18;/h2-8,19H,9-17H2,1H3,(H,21,22);1H/b8-5+;. The van der Waals surface area contributed by atoms with Gasteiger partial charge < -0.3 is 10.2 Å². The molecule has 1 aliphatic carbocycles. The minimum Gasteiger partial charge on any atom is -0.356 e. The molecule has 0 spiro atoms. The first-order chi connectivity index (χ1) is 11.8. The largest absolute Gasteiger partial charge is 0.356 e. The van der Waals surface area contributed by atoms with Crippen molar-refractivity contribution < 1.29 is 0 Å². The molecule has 0 atom stereocenters. The van der Waals surface area contributed by atoms with Crippen LogP contribution in [-0.2, 0) is 0 Å². The first-order valence-electron chi connectivity index (χ1n) is 9.24. The molecule has 25 heavy (non-hydrogen) atoms. The fraction of sp³-hybridized carbons (Fsp3) is 0.550. The molecule has 1 saturated heterocycles. The first-order valence-corrected chi connectivity index (χ1v) is 9.24. The van der Waals surface area contributed by atoms with Crippen molar-refractivity contribution in [3.8, 4) is 0 Å². The van der Waals surface area contributed by atoms with Gasteiger partial charge in [-0.25, -0.2) is 0 Å². The average molecular weight is 454 g/mol. The van der Waals surface area contributed by atoms with Crippen molar-refractivity contribution in [3.63, 3.8) is 0 Å². The van der Waals surface area contributed by atoms with Gasteiger partial charge in [0.05, 0.1) is 0 Å². The van der Waals surface area contributed by atoms with E-state index < -0.39 is 0 Å². The van der Waals surface area contributed by atoms with E-state index in [2.05, 4.69) is 62.6 Å². The van der Waals surface area contributed by atoms with Crippen LogP contribution in [0, 0.1) is 5.92 Å². The van der Waals surface area contributed by atoms with Crippen LogP contribution in [0.5, 0.6) is 0 Å². The summed E-state index contributed by atoms with van der Waals surface area (Å²) in [6, 6.07) is 10.5. The maximum absolute atomic E-state index is 4.45. The van der Waals surface area contributed by atoms with Gasteiger partial charge in [0.2, 0.25) is 0 Å². The number of nitrogens with one attached hydrogen (secondary N) is 1. The minimum atomic E-state index is 0. The lowest BCUT2D eigenvalue weighted by Crippen LogP contribution is -2.52. The van der Waals surface area contributed by atoms with E-state index in [-0.39, 0.29) is 24.0 Å². The van der Waals surface area contributed by atoms with Crippen molar-refractivity contribution in [2.75, 3.05) is 46.3 Å². The molecular formula is C20H31IN4. The molecule has 1 aromatic carbocycles. The van der Waals surface area contributed by atoms with Gasteiger partial charge in [-0.2, -0.15) is 0 Å². The zero-order chi connectivity index (χ0) is 16.6. The summed E-state index contributed by atoms with van der Waals surface area (Å²) in [5, 5.41) is 3.53. The van der Waals surface area contributed by atoms with Crippen molar-refractivity contribution in [1.29, 1.82) is 0 Å². The number of nitrogens with zero attached hydrogens (tertiary/aromatic N) is 3. The van der Waals surface area contributed by atoms with E-state index in [0.29, 0.717) is 0 Å².